The van der Waals surface area contributed by atoms with Gasteiger partial charge in [-0.25, -0.2) is 0 Å². The summed E-state index contributed by atoms with van der Waals surface area (Å²) in [6.45, 7) is -2.78. The van der Waals surface area contributed by atoms with Gasteiger partial charge in [0.15, 0.2) is 0 Å². The fraction of sp³-hybridized carbons (Fsp3) is 0.250. The average Bonchev–Trinajstić information content (AvgIpc) is 2.03. The molecule has 13 heavy (non-hydrogen) atoms. The van der Waals surface area contributed by atoms with Crippen LogP contribution >= 0.6 is 27.7 Å². The van der Waals surface area contributed by atoms with Crippen LogP contribution in [0.15, 0.2) is 27.6 Å². The predicted octanol–water partition coefficient (Wildman–Crippen LogP) is 3.77. The number of alkyl halides is 2. The third-order valence-electron chi connectivity index (χ3n) is 1.35. The molecule has 0 heterocycles. The maximum atomic E-state index is 11.9. The number of hydrogen-bond acceptors (Lipinski definition) is 2. The van der Waals surface area contributed by atoms with Crippen LogP contribution < -0.4 is 4.74 Å². The van der Waals surface area contributed by atoms with Crippen molar-refractivity contribution in [3.8, 4) is 5.75 Å². The summed E-state index contributed by atoms with van der Waals surface area (Å²) in [6.07, 6.45) is 1.80. The molecule has 0 spiro atoms. The first-order valence-electron chi connectivity index (χ1n) is 3.42. The van der Waals surface area contributed by atoms with E-state index in [2.05, 4.69) is 20.7 Å². The molecule has 0 aliphatic carbocycles. The molecule has 0 radical (unpaired) electrons. The van der Waals surface area contributed by atoms with E-state index in [1.165, 1.54) is 17.8 Å². The second-order valence-electron chi connectivity index (χ2n) is 2.15. The maximum Gasteiger partial charge on any atom is 0.387 e. The molecule has 0 saturated carbocycles. The zero-order chi connectivity index (χ0) is 9.84. The van der Waals surface area contributed by atoms with E-state index in [-0.39, 0.29) is 5.75 Å². The van der Waals surface area contributed by atoms with Gasteiger partial charge in [-0.1, -0.05) is 6.07 Å². The number of hydrogen-bond donors (Lipinski definition) is 0. The Kier molecular flexibility index (Phi) is 3.99. The van der Waals surface area contributed by atoms with Gasteiger partial charge in [-0.2, -0.15) is 8.78 Å². The molecule has 1 nitrogen and oxygen atoms in total. The van der Waals surface area contributed by atoms with E-state index >= 15 is 0 Å². The molecular formula is C8H7BrF2OS. The lowest BCUT2D eigenvalue weighted by molar-refractivity contribution is -0.0517. The molecule has 72 valence electrons. The molecular weight excluding hydrogens is 262 g/mol. The largest absolute Gasteiger partial charge is 0.434 e. The SMILES string of the molecule is CSc1c(Br)cccc1OC(F)F. The first-order chi connectivity index (χ1) is 6.15. The topological polar surface area (TPSA) is 9.23 Å². The van der Waals surface area contributed by atoms with Crippen LogP contribution in [-0.2, 0) is 0 Å². The van der Waals surface area contributed by atoms with Crippen LogP contribution in [0, 0.1) is 0 Å². The van der Waals surface area contributed by atoms with Gasteiger partial charge in [0, 0.05) is 4.47 Å². The Balaban J connectivity index is 2.98. The number of thioether (sulfide) groups is 1. The summed E-state index contributed by atoms with van der Waals surface area (Å²) in [5.74, 6) is 0.205. The summed E-state index contributed by atoms with van der Waals surface area (Å²) in [5, 5.41) is 0. The van der Waals surface area contributed by atoms with E-state index in [4.69, 9.17) is 0 Å². The van der Waals surface area contributed by atoms with Crippen LogP contribution in [0.1, 0.15) is 0 Å². The molecule has 0 aromatic heterocycles. The smallest absolute Gasteiger partial charge is 0.387 e. The Morgan fingerprint density at radius 2 is 2.15 bits per heavy atom. The zero-order valence-corrected chi connectivity index (χ0v) is 9.16. The summed E-state index contributed by atoms with van der Waals surface area (Å²) in [5.41, 5.74) is 0. The summed E-state index contributed by atoms with van der Waals surface area (Å²) in [6, 6.07) is 4.95. The van der Waals surface area contributed by atoms with E-state index in [1.54, 1.807) is 18.4 Å². The van der Waals surface area contributed by atoms with Crippen LogP contribution in [0.25, 0.3) is 0 Å². The quantitative estimate of drug-likeness (QED) is 0.772. The van der Waals surface area contributed by atoms with Gasteiger partial charge in [0.2, 0.25) is 0 Å². The van der Waals surface area contributed by atoms with E-state index in [9.17, 15) is 8.78 Å². The van der Waals surface area contributed by atoms with Crippen LogP contribution in [0.3, 0.4) is 0 Å². The van der Waals surface area contributed by atoms with Crippen LogP contribution in [0.5, 0.6) is 5.75 Å². The van der Waals surface area contributed by atoms with E-state index in [0.717, 1.165) is 4.47 Å². The van der Waals surface area contributed by atoms with Gasteiger partial charge >= 0.3 is 6.61 Å². The van der Waals surface area contributed by atoms with Crippen molar-refractivity contribution in [1.82, 2.24) is 0 Å². The van der Waals surface area contributed by atoms with Crippen LogP contribution in [-0.4, -0.2) is 12.9 Å². The molecule has 1 rings (SSSR count). The molecule has 0 aliphatic rings. The molecule has 1 aromatic carbocycles. The third kappa shape index (κ3) is 2.84. The molecule has 0 unspecified atom stereocenters. The molecule has 0 bridgehead atoms. The van der Waals surface area contributed by atoms with Crippen molar-refractivity contribution in [3.05, 3.63) is 22.7 Å². The summed E-state index contributed by atoms with van der Waals surface area (Å²) < 4.78 is 28.9. The van der Waals surface area contributed by atoms with Gasteiger partial charge in [-0.05, 0) is 34.3 Å². The standard InChI is InChI=1S/C8H7BrF2OS/c1-13-7-5(9)3-2-4-6(7)12-8(10)11/h2-4,8H,1H3. The molecule has 0 aliphatic heterocycles. The number of rotatable bonds is 3. The number of benzene rings is 1. The highest BCUT2D eigenvalue weighted by atomic mass is 79.9. The lowest BCUT2D eigenvalue weighted by Crippen LogP contribution is -2.02. The molecule has 0 amide bonds. The molecule has 0 saturated heterocycles. The molecule has 0 fully saturated rings. The lowest BCUT2D eigenvalue weighted by Gasteiger charge is -2.09. The molecule has 0 N–H and O–H groups in total. The van der Waals surface area contributed by atoms with Gasteiger partial charge in [-0.15, -0.1) is 11.8 Å². The highest BCUT2D eigenvalue weighted by molar-refractivity contribution is 9.10. The Hall–Kier alpha value is -0.290. The van der Waals surface area contributed by atoms with Gasteiger partial charge in [-0.3, -0.25) is 0 Å². The first-order valence-corrected chi connectivity index (χ1v) is 5.44. The average molecular weight is 269 g/mol. The fourth-order valence-electron chi connectivity index (χ4n) is 0.876. The minimum Gasteiger partial charge on any atom is -0.434 e. The van der Waals surface area contributed by atoms with Crippen LogP contribution in [0.4, 0.5) is 8.78 Å². The summed E-state index contributed by atoms with van der Waals surface area (Å²) in [7, 11) is 0. The van der Waals surface area contributed by atoms with E-state index in [1.807, 2.05) is 0 Å². The van der Waals surface area contributed by atoms with Crippen molar-refractivity contribution in [2.24, 2.45) is 0 Å². The normalized spacial score (nSPS) is 10.5. The molecule has 1 aromatic rings. The minimum atomic E-state index is -2.78. The van der Waals surface area contributed by atoms with Gasteiger partial charge < -0.3 is 4.74 Å². The highest BCUT2D eigenvalue weighted by Gasteiger charge is 2.10. The summed E-state index contributed by atoms with van der Waals surface area (Å²) in [4.78, 5) is 0.683. The van der Waals surface area contributed by atoms with E-state index < -0.39 is 6.61 Å². The van der Waals surface area contributed by atoms with Crippen LogP contribution in [0.2, 0.25) is 0 Å². The second kappa shape index (κ2) is 4.81. The van der Waals surface area contributed by atoms with Crippen molar-refractivity contribution >= 4 is 27.7 Å². The lowest BCUT2D eigenvalue weighted by atomic mass is 10.3. The Morgan fingerprint density at radius 1 is 1.46 bits per heavy atom. The van der Waals surface area contributed by atoms with Crippen molar-refractivity contribution in [3.63, 3.8) is 0 Å². The molecule has 5 heteroatoms. The Morgan fingerprint density at radius 3 is 2.69 bits per heavy atom. The van der Waals surface area contributed by atoms with Gasteiger partial charge in [0.05, 0.1) is 4.90 Å². The fourth-order valence-corrected chi connectivity index (χ4v) is 2.29. The maximum absolute atomic E-state index is 11.9. The summed E-state index contributed by atoms with van der Waals surface area (Å²) >= 11 is 4.61. The first kappa shape index (κ1) is 10.8. The van der Waals surface area contributed by atoms with Gasteiger partial charge in [0.1, 0.15) is 5.75 Å². The number of halogens is 3. The number of ether oxygens (including phenoxy) is 1. The zero-order valence-electron chi connectivity index (χ0n) is 6.76. The highest BCUT2D eigenvalue weighted by Crippen LogP contribution is 2.35. The van der Waals surface area contributed by atoms with Crippen molar-refractivity contribution in [2.75, 3.05) is 6.26 Å². The third-order valence-corrected chi connectivity index (χ3v) is 3.10. The van der Waals surface area contributed by atoms with Gasteiger partial charge in [0.25, 0.3) is 0 Å². The Labute approximate surface area is 87.6 Å². The monoisotopic (exact) mass is 268 g/mol. The van der Waals surface area contributed by atoms with Crippen molar-refractivity contribution in [2.45, 2.75) is 11.5 Å². The van der Waals surface area contributed by atoms with Crippen molar-refractivity contribution < 1.29 is 13.5 Å². The second-order valence-corrected chi connectivity index (χ2v) is 3.82. The predicted molar refractivity (Wildman–Crippen MR) is 52.6 cm³/mol. The Bertz CT molecular complexity index is 293. The van der Waals surface area contributed by atoms with E-state index in [0.29, 0.717) is 4.90 Å². The minimum absolute atomic E-state index is 0.205. The molecule has 0 atom stereocenters. The van der Waals surface area contributed by atoms with Crippen molar-refractivity contribution in [1.29, 1.82) is 0 Å².